The molecule has 0 aromatic rings. The van der Waals surface area contributed by atoms with Crippen LogP contribution in [0.1, 0.15) is 20.8 Å². The van der Waals surface area contributed by atoms with Gasteiger partial charge in [-0.2, -0.15) is 0 Å². The van der Waals surface area contributed by atoms with E-state index in [0.29, 0.717) is 0 Å². The molecule has 1 aliphatic rings. The molecular weight excluding hydrogens is 214 g/mol. The number of carbonyl (C=O) groups excluding carboxylic acids is 1. The molecule has 4 heteroatoms. The first-order chi connectivity index (χ1) is 7.97. The molecule has 1 unspecified atom stereocenters. The van der Waals surface area contributed by atoms with Crippen LogP contribution in [0, 0.1) is 0 Å². The summed E-state index contributed by atoms with van der Waals surface area (Å²) >= 11 is 0. The molecule has 1 aliphatic heterocycles. The lowest BCUT2D eigenvalue weighted by atomic mass is 10.0. The molecule has 4 nitrogen and oxygen atoms in total. The maximum absolute atomic E-state index is 12.4. The summed E-state index contributed by atoms with van der Waals surface area (Å²) in [5, 5.41) is 3.18. The van der Waals surface area contributed by atoms with E-state index in [4.69, 9.17) is 0 Å². The minimum absolute atomic E-state index is 0.193. The van der Waals surface area contributed by atoms with Gasteiger partial charge >= 0.3 is 0 Å². The summed E-state index contributed by atoms with van der Waals surface area (Å²) in [6.45, 7) is 9.52. The van der Waals surface area contributed by atoms with E-state index >= 15 is 0 Å². The highest BCUT2D eigenvalue weighted by molar-refractivity contribution is 5.94. The minimum atomic E-state index is 0.193. The van der Waals surface area contributed by atoms with Crippen LogP contribution in [-0.2, 0) is 4.79 Å². The van der Waals surface area contributed by atoms with Crippen LogP contribution >= 0.6 is 0 Å². The maximum atomic E-state index is 12.4. The number of nitrogens with one attached hydrogen (secondary N) is 1. The summed E-state index contributed by atoms with van der Waals surface area (Å²) in [7, 11) is 4.08. The lowest BCUT2D eigenvalue weighted by Crippen LogP contribution is -2.45. The number of likely N-dealkylation sites (N-methyl/N-ethyl adjacent to an activating group) is 2. The number of rotatable bonds is 5. The Bertz CT molecular complexity index is 304. The Labute approximate surface area is 105 Å². The second kappa shape index (κ2) is 6.17. The van der Waals surface area contributed by atoms with E-state index in [1.54, 1.807) is 0 Å². The number of hydrogen-bond donors (Lipinski definition) is 1. The highest BCUT2D eigenvalue weighted by Crippen LogP contribution is 2.14. The van der Waals surface area contributed by atoms with Gasteiger partial charge in [-0.05, 0) is 40.4 Å². The molecule has 1 heterocycles. The minimum Gasteiger partial charge on any atom is -0.335 e. The van der Waals surface area contributed by atoms with Crippen molar-refractivity contribution in [1.82, 2.24) is 15.1 Å². The molecule has 0 aliphatic carbocycles. The molecule has 0 aromatic heterocycles. The van der Waals surface area contributed by atoms with Gasteiger partial charge in [0.25, 0.3) is 0 Å². The number of carbonyl (C=O) groups is 1. The quantitative estimate of drug-likeness (QED) is 0.718. The lowest BCUT2D eigenvalue weighted by Gasteiger charge is -2.32. The summed E-state index contributed by atoms with van der Waals surface area (Å²) in [6, 6.07) is 0.256. The van der Waals surface area contributed by atoms with Gasteiger partial charge in [-0.3, -0.25) is 4.79 Å². The Morgan fingerprint density at radius 1 is 1.41 bits per heavy atom. The molecule has 1 N–H and O–H groups in total. The summed E-state index contributed by atoms with van der Waals surface area (Å²) in [5.41, 5.74) is 2.18. The fourth-order valence-corrected chi connectivity index (χ4v) is 2.16. The molecule has 0 spiro atoms. The predicted molar refractivity (Wildman–Crippen MR) is 71.0 cm³/mol. The number of nitrogens with zero attached hydrogens (tertiary/aromatic N) is 2. The zero-order valence-corrected chi connectivity index (χ0v) is 11.7. The van der Waals surface area contributed by atoms with Crippen molar-refractivity contribution in [2.45, 2.75) is 26.8 Å². The first-order valence-electron chi connectivity index (χ1n) is 6.32. The van der Waals surface area contributed by atoms with E-state index in [1.807, 2.05) is 32.8 Å². The van der Waals surface area contributed by atoms with Gasteiger partial charge < -0.3 is 15.1 Å². The van der Waals surface area contributed by atoms with E-state index in [-0.39, 0.29) is 11.9 Å². The van der Waals surface area contributed by atoms with E-state index < -0.39 is 0 Å². The van der Waals surface area contributed by atoms with Crippen molar-refractivity contribution in [1.29, 1.82) is 0 Å². The molecule has 98 valence electrons. The highest BCUT2D eigenvalue weighted by atomic mass is 16.2. The molecular formula is C13H25N3O. The Morgan fingerprint density at radius 3 is 2.35 bits per heavy atom. The van der Waals surface area contributed by atoms with Crippen LogP contribution in [0.2, 0.25) is 0 Å². The lowest BCUT2D eigenvalue weighted by molar-refractivity contribution is -0.129. The Hall–Kier alpha value is -0.870. The third-order valence-electron chi connectivity index (χ3n) is 3.29. The summed E-state index contributed by atoms with van der Waals surface area (Å²) < 4.78 is 0. The van der Waals surface area contributed by atoms with Crippen molar-refractivity contribution in [3.05, 3.63) is 11.1 Å². The van der Waals surface area contributed by atoms with Crippen molar-refractivity contribution >= 4 is 5.91 Å². The fourth-order valence-electron chi connectivity index (χ4n) is 2.16. The number of hydrogen-bond acceptors (Lipinski definition) is 3. The standard InChI is InChI=1S/C13H25N3O/c1-6-16(10(2)9-15(4)5)13(17)11(3)12-7-14-8-12/h10,14H,6-9H2,1-5H3. The van der Waals surface area contributed by atoms with Gasteiger partial charge in [-0.1, -0.05) is 0 Å². The van der Waals surface area contributed by atoms with Gasteiger partial charge in [0, 0.05) is 37.8 Å². The van der Waals surface area contributed by atoms with Crippen molar-refractivity contribution in [3.8, 4) is 0 Å². The monoisotopic (exact) mass is 239 g/mol. The first-order valence-corrected chi connectivity index (χ1v) is 6.32. The smallest absolute Gasteiger partial charge is 0.249 e. The molecule has 0 radical (unpaired) electrons. The Morgan fingerprint density at radius 2 is 2.00 bits per heavy atom. The maximum Gasteiger partial charge on any atom is 0.249 e. The van der Waals surface area contributed by atoms with Gasteiger partial charge in [0.15, 0.2) is 0 Å². The fraction of sp³-hybridized carbons (Fsp3) is 0.769. The third-order valence-corrected chi connectivity index (χ3v) is 3.29. The SMILES string of the molecule is CCN(C(=O)C(C)=C1CNC1)C(C)CN(C)C. The zero-order chi connectivity index (χ0) is 13.0. The molecule has 0 bridgehead atoms. The van der Waals surface area contributed by atoms with Crippen LogP contribution in [0.5, 0.6) is 0 Å². The molecule has 1 atom stereocenters. The van der Waals surface area contributed by atoms with Crippen LogP contribution in [0.4, 0.5) is 0 Å². The Balaban J connectivity index is 2.69. The normalized spacial score (nSPS) is 16.7. The average Bonchev–Trinajstić information content (AvgIpc) is 2.14. The second-order valence-corrected chi connectivity index (χ2v) is 5.03. The predicted octanol–water partition coefficient (Wildman–Crippen LogP) is 0.705. The summed E-state index contributed by atoms with van der Waals surface area (Å²) in [4.78, 5) is 16.4. The van der Waals surface area contributed by atoms with E-state index in [2.05, 4.69) is 17.1 Å². The second-order valence-electron chi connectivity index (χ2n) is 5.03. The van der Waals surface area contributed by atoms with Gasteiger partial charge in [0.05, 0.1) is 0 Å². The summed E-state index contributed by atoms with van der Waals surface area (Å²) in [5.74, 6) is 0.193. The molecule has 1 fully saturated rings. The van der Waals surface area contributed by atoms with Crippen LogP contribution < -0.4 is 5.32 Å². The number of amides is 1. The van der Waals surface area contributed by atoms with E-state index in [1.165, 1.54) is 5.57 Å². The van der Waals surface area contributed by atoms with E-state index in [9.17, 15) is 4.79 Å². The molecule has 1 amide bonds. The topological polar surface area (TPSA) is 35.6 Å². The van der Waals surface area contributed by atoms with Crippen molar-refractivity contribution in [2.75, 3.05) is 40.3 Å². The van der Waals surface area contributed by atoms with Crippen molar-refractivity contribution in [2.24, 2.45) is 0 Å². The molecule has 17 heavy (non-hydrogen) atoms. The van der Waals surface area contributed by atoms with Gasteiger partial charge in [-0.25, -0.2) is 0 Å². The van der Waals surface area contributed by atoms with Gasteiger partial charge in [0.2, 0.25) is 5.91 Å². The summed E-state index contributed by atoms with van der Waals surface area (Å²) in [6.07, 6.45) is 0. The molecule has 0 aromatic carbocycles. The van der Waals surface area contributed by atoms with Crippen LogP contribution in [0.3, 0.4) is 0 Å². The van der Waals surface area contributed by atoms with Crippen LogP contribution in [0.15, 0.2) is 11.1 Å². The average molecular weight is 239 g/mol. The molecule has 1 saturated heterocycles. The van der Waals surface area contributed by atoms with E-state index in [0.717, 1.165) is 31.8 Å². The van der Waals surface area contributed by atoms with Gasteiger partial charge in [0.1, 0.15) is 0 Å². The Kier molecular flexibility index (Phi) is 5.15. The zero-order valence-electron chi connectivity index (χ0n) is 11.7. The van der Waals surface area contributed by atoms with Crippen molar-refractivity contribution < 1.29 is 4.79 Å². The molecule has 1 rings (SSSR count). The highest BCUT2D eigenvalue weighted by Gasteiger charge is 2.23. The van der Waals surface area contributed by atoms with Gasteiger partial charge in [-0.15, -0.1) is 0 Å². The largest absolute Gasteiger partial charge is 0.335 e. The third kappa shape index (κ3) is 3.54. The first kappa shape index (κ1) is 14.2. The molecule has 0 saturated carbocycles. The van der Waals surface area contributed by atoms with Crippen LogP contribution in [-0.4, -0.2) is 62.0 Å². The van der Waals surface area contributed by atoms with Crippen LogP contribution in [0.25, 0.3) is 0 Å². The van der Waals surface area contributed by atoms with Crippen molar-refractivity contribution in [3.63, 3.8) is 0 Å².